The molecule has 84 valence electrons. The normalized spacial score (nSPS) is 39.5. The molecule has 1 saturated carbocycles. The Labute approximate surface area is 98.0 Å². The molecule has 0 aliphatic heterocycles. The molecule has 0 N–H and O–H groups in total. The second kappa shape index (κ2) is 4.65. The topological polar surface area (TPSA) is 12.4 Å². The van der Waals surface area contributed by atoms with Gasteiger partial charge in [0, 0.05) is 24.6 Å². The highest BCUT2D eigenvalue weighted by Gasteiger charge is 2.43. The third-order valence-corrected chi connectivity index (χ3v) is 3.65. The van der Waals surface area contributed by atoms with Crippen molar-refractivity contribution in [2.24, 2.45) is 28.7 Å². The highest BCUT2D eigenvalue weighted by atomic mass is 14.7. The predicted molar refractivity (Wildman–Crippen MR) is 70.6 cm³/mol. The van der Waals surface area contributed by atoms with Crippen LogP contribution in [-0.2, 0) is 0 Å². The summed E-state index contributed by atoms with van der Waals surface area (Å²) >= 11 is 0. The fourth-order valence-corrected chi connectivity index (χ4v) is 2.98. The van der Waals surface area contributed by atoms with Gasteiger partial charge in [-0.15, -0.1) is 6.58 Å². The summed E-state index contributed by atoms with van der Waals surface area (Å²) in [5.74, 6) is 1.93. The number of fused-ring (bicyclic) bond motifs is 1. The maximum atomic E-state index is 4.50. The molecule has 0 bridgehead atoms. The van der Waals surface area contributed by atoms with Crippen molar-refractivity contribution in [3.05, 3.63) is 49.1 Å². The van der Waals surface area contributed by atoms with Crippen LogP contribution in [0.4, 0.5) is 0 Å². The molecule has 2 aliphatic carbocycles. The first-order chi connectivity index (χ1) is 7.83. The van der Waals surface area contributed by atoms with Crippen LogP contribution >= 0.6 is 0 Å². The second-order valence-corrected chi connectivity index (χ2v) is 4.39. The Hall–Kier alpha value is -1.37. The fraction of sp³-hybridized carbons (Fsp3) is 0.400. The molecule has 4 atom stereocenters. The first-order valence-corrected chi connectivity index (χ1v) is 5.90. The lowest BCUT2D eigenvalue weighted by Crippen LogP contribution is -2.15. The van der Waals surface area contributed by atoms with Crippen molar-refractivity contribution < 1.29 is 0 Å². The minimum Gasteiger partial charge on any atom is -0.296 e. The molecule has 0 saturated heterocycles. The first-order valence-electron chi connectivity index (χ1n) is 5.90. The molecule has 0 aromatic heterocycles. The Bertz CT molecular complexity index is 384. The van der Waals surface area contributed by atoms with Crippen LogP contribution in [0, 0.1) is 23.7 Å². The zero-order chi connectivity index (χ0) is 11.5. The summed E-state index contributed by atoms with van der Waals surface area (Å²) in [6.07, 6.45) is 15.3. The van der Waals surface area contributed by atoms with Gasteiger partial charge in [0.15, 0.2) is 0 Å². The molecule has 1 fully saturated rings. The summed E-state index contributed by atoms with van der Waals surface area (Å²) < 4.78 is 0. The maximum absolute atomic E-state index is 4.50. The van der Waals surface area contributed by atoms with Crippen LogP contribution in [0.25, 0.3) is 0 Å². The minimum atomic E-state index is 0.426. The molecule has 16 heavy (non-hydrogen) atoms. The molecule has 0 aromatic rings. The Morgan fingerprint density at radius 2 is 2.06 bits per heavy atom. The van der Waals surface area contributed by atoms with Gasteiger partial charge in [-0.2, -0.15) is 0 Å². The molecule has 0 aromatic carbocycles. The molecule has 2 aliphatic rings. The predicted octanol–water partition coefficient (Wildman–Crippen LogP) is 3.42. The van der Waals surface area contributed by atoms with Gasteiger partial charge in [-0.3, -0.25) is 4.99 Å². The number of nitrogens with zero attached hydrogens (tertiary/aromatic N) is 1. The van der Waals surface area contributed by atoms with Crippen LogP contribution < -0.4 is 0 Å². The molecule has 4 unspecified atom stereocenters. The summed E-state index contributed by atoms with van der Waals surface area (Å²) in [6.45, 7) is 6.06. The minimum absolute atomic E-state index is 0.426. The van der Waals surface area contributed by atoms with Gasteiger partial charge in [-0.25, -0.2) is 0 Å². The van der Waals surface area contributed by atoms with E-state index in [9.17, 15) is 0 Å². The summed E-state index contributed by atoms with van der Waals surface area (Å²) in [6, 6.07) is 0. The highest BCUT2D eigenvalue weighted by molar-refractivity contribution is 5.95. The van der Waals surface area contributed by atoms with Crippen molar-refractivity contribution in [3.63, 3.8) is 0 Å². The lowest BCUT2D eigenvalue weighted by Gasteiger charge is -2.19. The quantitative estimate of drug-likeness (QED) is 0.623. The van der Waals surface area contributed by atoms with Crippen LogP contribution in [0.1, 0.15) is 6.92 Å². The van der Waals surface area contributed by atoms with Gasteiger partial charge in [0.1, 0.15) is 0 Å². The molecule has 0 spiro atoms. The van der Waals surface area contributed by atoms with E-state index in [2.05, 4.69) is 61.0 Å². The summed E-state index contributed by atoms with van der Waals surface area (Å²) in [4.78, 5) is 4.50. The third kappa shape index (κ3) is 1.60. The van der Waals surface area contributed by atoms with Gasteiger partial charge in [0.25, 0.3) is 0 Å². The standard InChI is InChI=1S/C15H19N/c1-4-8-13-11(5-2)12-9-6-7-10-14(12)15(13)16-3/h4-14H,2H2,1,3H3/b8-4-,16-15?. The molecule has 1 heteroatoms. The molecule has 0 heterocycles. The monoisotopic (exact) mass is 213 g/mol. The molecule has 1 nitrogen and oxygen atoms in total. The summed E-state index contributed by atoms with van der Waals surface area (Å²) in [5.41, 5.74) is 1.30. The van der Waals surface area contributed by atoms with Gasteiger partial charge < -0.3 is 0 Å². The Morgan fingerprint density at radius 3 is 2.69 bits per heavy atom. The van der Waals surface area contributed by atoms with E-state index < -0.39 is 0 Å². The highest BCUT2D eigenvalue weighted by Crippen LogP contribution is 2.44. The van der Waals surface area contributed by atoms with E-state index in [4.69, 9.17) is 0 Å². The van der Waals surface area contributed by atoms with Crippen LogP contribution in [-0.4, -0.2) is 12.8 Å². The van der Waals surface area contributed by atoms with Gasteiger partial charge in [0.05, 0.1) is 0 Å². The Morgan fingerprint density at radius 1 is 1.31 bits per heavy atom. The van der Waals surface area contributed by atoms with Crippen molar-refractivity contribution in [3.8, 4) is 0 Å². The average molecular weight is 213 g/mol. The van der Waals surface area contributed by atoms with E-state index in [1.54, 1.807) is 0 Å². The third-order valence-electron chi connectivity index (χ3n) is 3.65. The van der Waals surface area contributed by atoms with Crippen LogP contribution in [0.15, 0.2) is 54.1 Å². The summed E-state index contributed by atoms with van der Waals surface area (Å²) in [7, 11) is 1.90. The van der Waals surface area contributed by atoms with Gasteiger partial charge in [-0.05, 0) is 18.8 Å². The zero-order valence-corrected chi connectivity index (χ0v) is 10.0. The number of hydrogen-bond donors (Lipinski definition) is 0. The van der Waals surface area contributed by atoms with Crippen LogP contribution in [0.2, 0.25) is 0 Å². The zero-order valence-electron chi connectivity index (χ0n) is 10.0. The SMILES string of the molecule is C=CC1C(/C=C\C)C(=NC)C2C=CC=CC21. The van der Waals surface area contributed by atoms with E-state index in [0.717, 1.165) is 0 Å². The molecular formula is C15H19N. The van der Waals surface area contributed by atoms with Crippen LogP contribution in [0.5, 0.6) is 0 Å². The molecular weight excluding hydrogens is 194 g/mol. The van der Waals surface area contributed by atoms with Crippen LogP contribution in [0.3, 0.4) is 0 Å². The van der Waals surface area contributed by atoms with E-state index in [0.29, 0.717) is 23.7 Å². The largest absolute Gasteiger partial charge is 0.296 e. The van der Waals surface area contributed by atoms with E-state index in [1.165, 1.54) is 5.71 Å². The molecule has 0 amide bonds. The van der Waals surface area contributed by atoms with E-state index >= 15 is 0 Å². The fourth-order valence-electron chi connectivity index (χ4n) is 2.98. The number of allylic oxidation sites excluding steroid dienone is 7. The van der Waals surface area contributed by atoms with Gasteiger partial charge in [-0.1, -0.05) is 42.5 Å². The molecule has 0 radical (unpaired) electrons. The van der Waals surface area contributed by atoms with Crippen molar-refractivity contribution in [2.45, 2.75) is 6.92 Å². The summed E-state index contributed by atoms with van der Waals surface area (Å²) in [5, 5.41) is 0. The second-order valence-electron chi connectivity index (χ2n) is 4.39. The Kier molecular flexibility index (Phi) is 3.23. The first kappa shape index (κ1) is 11.1. The van der Waals surface area contributed by atoms with Gasteiger partial charge >= 0.3 is 0 Å². The smallest absolute Gasteiger partial charge is 0.0277 e. The lowest BCUT2D eigenvalue weighted by molar-refractivity contribution is 0.464. The van der Waals surface area contributed by atoms with Crippen molar-refractivity contribution in [2.75, 3.05) is 7.05 Å². The number of aliphatic imine (C=N–C) groups is 1. The number of hydrogen-bond acceptors (Lipinski definition) is 1. The maximum Gasteiger partial charge on any atom is 0.0277 e. The van der Waals surface area contributed by atoms with Crippen molar-refractivity contribution in [1.82, 2.24) is 0 Å². The van der Waals surface area contributed by atoms with Crippen molar-refractivity contribution >= 4 is 5.71 Å². The van der Waals surface area contributed by atoms with E-state index in [1.807, 2.05) is 7.05 Å². The van der Waals surface area contributed by atoms with E-state index in [-0.39, 0.29) is 0 Å². The number of rotatable bonds is 2. The van der Waals surface area contributed by atoms with Crippen molar-refractivity contribution in [1.29, 1.82) is 0 Å². The molecule has 2 rings (SSSR count). The Balaban J connectivity index is 2.42. The lowest BCUT2D eigenvalue weighted by atomic mass is 9.85. The average Bonchev–Trinajstić information content (AvgIpc) is 2.62. The van der Waals surface area contributed by atoms with Gasteiger partial charge in [0.2, 0.25) is 0 Å².